The van der Waals surface area contributed by atoms with E-state index in [1.54, 1.807) is 0 Å². The summed E-state index contributed by atoms with van der Waals surface area (Å²) < 4.78 is 46.6. The number of nitrogens with one attached hydrogen (secondary N) is 1. The van der Waals surface area contributed by atoms with Crippen LogP contribution in [0, 0.1) is 5.82 Å². The monoisotopic (exact) mass is 443 g/mol. The number of amides is 1. The van der Waals surface area contributed by atoms with Crippen molar-refractivity contribution in [3.63, 3.8) is 0 Å². The van der Waals surface area contributed by atoms with Crippen molar-refractivity contribution in [1.82, 2.24) is 8.87 Å². The minimum atomic E-state index is -4.03. The third kappa shape index (κ3) is 4.14. The third-order valence-corrected chi connectivity index (χ3v) is 6.84. The Kier molecular flexibility index (Phi) is 5.97. The van der Waals surface area contributed by atoms with Gasteiger partial charge in [-0.3, -0.25) is 4.79 Å². The van der Waals surface area contributed by atoms with E-state index in [9.17, 15) is 22.4 Å². The van der Waals surface area contributed by atoms with Crippen LogP contribution in [0.4, 0.5) is 10.1 Å². The van der Waals surface area contributed by atoms with Crippen molar-refractivity contribution < 1.29 is 27.1 Å². The zero-order chi connectivity index (χ0) is 21.3. The summed E-state index contributed by atoms with van der Waals surface area (Å²) in [7, 11) is -1.30. The molecule has 1 amide bonds. The molecule has 1 fully saturated rings. The van der Waals surface area contributed by atoms with Gasteiger partial charge in [-0.2, -0.15) is 4.31 Å². The van der Waals surface area contributed by atoms with Crippen LogP contribution in [0.5, 0.6) is 0 Å². The molecular formula is C18H19ClFN3O5S. The van der Waals surface area contributed by atoms with Crippen LogP contribution in [0.15, 0.2) is 35.4 Å². The quantitative estimate of drug-likeness (QED) is 0.715. The molecule has 1 saturated heterocycles. The number of aromatic nitrogens is 1. The summed E-state index contributed by atoms with van der Waals surface area (Å²) in [5.74, 6) is -1.84. The fraction of sp³-hybridized carbons (Fsp3) is 0.333. The van der Waals surface area contributed by atoms with Crippen molar-refractivity contribution in [1.29, 1.82) is 0 Å². The first kappa shape index (κ1) is 21.3. The highest BCUT2D eigenvalue weighted by atomic mass is 35.5. The molecule has 156 valence electrons. The second-order valence-electron chi connectivity index (χ2n) is 6.56. The molecule has 1 unspecified atom stereocenters. The molecule has 8 nitrogen and oxygen atoms in total. The Morgan fingerprint density at radius 2 is 2.03 bits per heavy atom. The molecule has 0 bridgehead atoms. The highest BCUT2D eigenvalue weighted by Crippen LogP contribution is 2.28. The average Bonchev–Trinajstić information content (AvgIpc) is 3.32. The number of anilines is 1. The third-order valence-electron chi connectivity index (χ3n) is 4.67. The van der Waals surface area contributed by atoms with Gasteiger partial charge in [0, 0.05) is 25.5 Å². The molecule has 29 heavy (non-hydrogen) atoms. The van der Waals surface area contributed by atoms with E-state index in [2.05, 4.69) is 10.1 Å². The van der Waals surface area contributed by atoms with E-state index >= 15 is 0 Å². The van der Waals surface area contributed by atoms with Gasteiger partial charge in [0.05, 0.1) is 12.1 Å². The van der Waals surface area contributed by atoms with Crippen LogP contribution in [-0.2, 0) is 26.6 Å². The molecule has 0 spiro atoms. The van der Waals surface area contributed by atoms with Crippen molar-refractivity contribution in [3.05, 3.63) is 47.0 Å². The number of sulfonamides is 1. The summed E-state index contributed by atoms with van der Waals surface area (Å²) in [6, 6.07) is 3.98. The fourth-order valence-electron chi connectivity index (χ4n) is 3.21. The smallest absolute Gasteiger partial charge is 0.354 e. The first-order chi connectivity index (χ1) is 13.6. The van der Waals surface area contributed by atoms with Crippen molar-refractivity contribution in [2.24, 2.45) is 7.05 Å². The number of esters is 1. The summed E-state index contributed by atoms with van der Waals surface area (Å²) in [6.07, 6.45) is 2.13. The molecule has 1 N–H and O–H groups in total. The number of carbonyl (C=O) groups is 2. The van der Waals surface area contributed by atoms with Crippen molar-refractivity contribution in [3.8, 4) is 0 Å². The molecule has 3 rings (SSSR count). The molecule has 11 heteroatoms. The summed E-state index contributed by atoms with van der Waals surface area (Å²) in [6.45, 7) is 0.160. The van der Waals surface area contributed by atoms with Crippen LogP contribution < -0.4 is 5.32 Å². The Labute approximate surface area is 172 Å². The Hall–Kier alpha value is -2.43. The molecule has 1 aliphatic rings. The van der Waals surface area contributed by atoms with Crippen molar-refractivity contribution >= 4 is 39.2 Å². The van der Waals surface area contributed by atoms with Crippen LogP contribution in [0.3, 0.4) is 0 Å². The summed E-state index contributed by atoms with van der Waals surface area (Å²) in [5, 5.41) is 2.42. The number of benzene rings is 1. The number of rotatable bonds is 5. The lowest BCUT2D eigenvalue weighted by Crippen LogP contribution is -2.43. The lowest BCUT2D eigenvalue weighted by Gasteiger charge is -2.23. The fourth-order valence-corrected chi connectivity index (χ4v) is 5.12. The topological polar surface area (TPSA) is 97.7 Å². The maximum atomic E-state index is 13.3. The Bertz CT molecular complexity index is 1070. The molecule has 0 aliphatic carbocycles. The number of methoxy groups -OCH3 is 1. The largest absolute Gasteiger partial charge is 0.464 e. The second kappa shape index (κ2) is 8.13. The van der Waals surface area contributed by atoms with Gasteiger partial charge in [0.1, 0.15) is 22.4 Å². The maximum absolute atomic E-state index is 13.3. The number of aryl methyl sites for hydroxylation is 1. The van der Waals surface area contributed by atoms with Crippen LogP contribution in [0.1, 0.15) is 23.3 Å². The van der Waals surface area contributed by atoms with E-state index in [0.717, 1.165) is 10.4 Å². The minimum absolute atomic E-state index is 0.0761. The van der Waals surface area contributed by atoms with Gasteiger partial charge in [0.25, 0.3) is 0 Å². The number of halogens is 2. The van der Waals surface area contributed by atoms with Crippen LogP contribution in [0.25, 0.3) is 0 Å². The van der Waals surface area contributed by atoms with Crippen LogP contribution in [-0.4, -0.2) is 48.9 Å². The summed E-state index contributed by atoms with van der Waals surface area (Å²) in [4.78, 5) is 24.4. The van der Waals surface area contributed by atoms with Crippen LogP contribution in [0.2, 0.25) is 5.02 Å². The predicted octanol–water partition coefficient (Wildman–Crippen LogP) is 2.40. The van der Waals surface area contributed by atoms with E-state index in [1.807, 2.05) is 0 Å². The Balaban J connectivity index is 1.84. The Morgan fingerprint density at radius 1 is 1.31 bits per heavy atom. The molecule has 1 atom stereocenters. The molecule has 1 aromatic heterocycles. The molecule has 2 heterocycles. The molecule has 1 aliphatic heterocycles. The van der Waals surface area contributed by atoms with E-state index in [0.29, 0.717) is 12.8 Å². The zero-order valence-corrected chi connectivity index (χ0v) is 17.3. The highest BCUT2D eigenvalue weighted by molar-refractivity contribution is 7.89. The lowest BCUT2D eigenvalue weighted by molar-refractivity contribution is -0.119. The van der Waals surface area contributed by atoms with Crippen LogP contribution >= 0.6 is 11.6 Å². The number of hydrogen-bond donors (Lipinski definition) is 1. The average molecular weight is 444 g/mol. The van der Waals surface area contributed by atoms with Crippen molar-refractivity contribution in [2.45, 2.75) is 23.8 Å². The number of ether oxygens (including phenoxy) is 1. The van der Waals surface area contributed by atoms with Gasteiger partial charge >= 0.3 is 5.97 Å². The van der Waals surface area contributed by atoms with Gasteiger partial charge in [-0.05, 0) is 37.1 Å². The maximum Gasteiger partial charge on any atom is 0.354 e. The van der Waals surface area contributed by atoms with E-state index in [1.165, 1.54) is 43.1 Å². The molecule has 0 saturated carbocycles. The van der Waals surface area contributed by atoms with Gasteiger partial charge in [0.15, 0.2) is 0 Å². The van der Waals surface area contributed by atoms with Gasteiger partial charge in [0.2, 0.25) is 15.9 Å². The number of nitrogens with zero attached hydrogens (tertiary/aromatic N) is 2. The standard InChI is InChI=1S/C18H19ClFN3O5S/c1-22-10-12(9-16(22)18(25)28-2)29(26,27)23-7-3-4-15(23)17(24)21-11-5-6-14(20)13(19)8-11/h5-6,8-10,15H,3-4,7H2,1-2H3,(H,21,24). The summed E-state index contributed by atoms with van der Waals surface area (Å²) in [5.41, 5.74) is 0.338. The first-order valence-corrected chi connectivity index (χ1v) is 10.5. The second-order valence-corrected chi connectivity index (χ2v) is 8.85. The van der Waals surface area contributed by atoms with Gasteiger partial charge in [-0.1, -0.05) is 11.6 Å². The predicted molar refractivity (Wildman–Crippen MR) is 104 cm³/mol. The molecule has 0 radical (unpaired) electrons. The number of hydrogen-bond acceptors (Lipinski definition) is 5. The van der Waals surface area contributed by atoms with Crippen molar-refractivity contribution in [2.75, 3.05) is 19.0 Å². The van der Waals surface area contributed by atoms with E-state index < -0.39 is 33.8 Å². The minimum Gasteiger partial charge on any atom is -0.464 e. The normalized spacial score (nSPS) is 17.3. The Morgan fingerprint density at radius 3 is 2.69 bits per heavy atom. The SMILES string of the molecule is COC(=O)c1cc(S(=O)(=O)N2CCCC2C(=O)Nc2ccc(F)c(Cl)c2)cn1C. The molecular weight excluding hydrogens is 425 g/mol. The lowest BCUT2D eigenvalue weighted by atomic mass is 10.2. The van der Waals surface area contributed by atoms with Gasteiger partial charge < -0.3 is 14.6 Å². The van der Waals surface area contributed by atoms with Gasteiger partial charge in [-0.25, -0.2) is 17.6 Å². The highest BCUT2D eigenvalue weighted by Gasteiger charge is 2.40. The van der Waals surface area contributed by atoms with E-state index in [4.69, 9.17) is 11.6 Å². The number of carbonyl (C=O) groups excluding carboxylic acids is 2. The summed E-state index contributed by atoms with van der Waals surface area (Å²) >= 11 is 5.72. The molecule has 1 aromatic carbocycles. The van der Waals surface area contributed by atoms with Gasteiger partial charge in [-0.15, -0.1) is 0 Å². The first-order valence-electron chi connectivity index (χ1n) is 8.67. The zero-order valence-electron chi connectivity index (χ0n) is 15.7. The van der Waals surface area contributed by atoms with E-state index in [-0.39, 0.29) is 27.8 Å². The molecule has 2 aromatic rings.